The molecule has 8 aromatic carbocycles. The van der Waals surface area contributed by atoms with Crippen LogP contribution < -0.4 is 0 Å². The number of rotatable bonds is 3. The lowest BCUT2D eigenvalue weighted by molar-refractivity contribution is 0.664. The minimum absolute atomic E-state index is 0.846. The van der Waals surface area contributed by atoms with Crippen molar-refractivity contribution in [3.05, 3.63) is 164 Å². The Morgan fingerprint density at radius 1 is 0.269 bits per heavy atom. The predicted octanol–water partition coefficient (Wildman–Crippen LogP) is 13.8. The van der Waals surface area contributed by atoms with Crippen molar-refractivity contribution in [2.75, 3.05) is 0 Å². The monoisotopic (exact) mass is 665 g/mol. The largest absolute Gasteiger partial charge is 0.456 e. The second-order valence-electron chi connectivity index (χ2n) is 13.7. The van der Waals surface area contributed by atoms with Gasteiger partial charge in [0.25, 0.3) is 0 Å². The Kier molecular flexibility index (Phi) is 5.47. The van der Waals surface area contributed by atoms with Crippen LogP contribution in [0.25, 0.3) is 116 Å². The van der Waals surface area contributed by atoms with Crippen LogP contribution in [0.5, 0.6) is 0 Å². The van der Waals surface area contributed by atoms with Gasteiger partial charge < -0.3 is 17.8 Å². The van der Waals surface area contributed by atoms with Crippen molar-refractivity contribution in [2.24, 2.45) is 0 Å². The Bertz CT molecular complexity index is 3410. The van der Waals surface area contributed by atoms with Gasteiger partial charge in [-0.25, -0.2) is 0 Å². The molecule has 0 aliphatic carbocycles. The summed E-state index contributed by atoms with van der Waals surface area (Å²) in [4.78, 5) is 0. The number of fused-ring (bicyclic) bond motifs is 12. The zero-order chi connectivity index (χ0) is 33.9. The molecule has 0 atom stereocenters. The Balaban J connectivity index is 0.979. The first kappa shape index (κ1) is 27.7. The fourth-order valence-corrected chi connectivity index (χ4v) is 8.32. The van der Waals surface area contributed by atoms with Gasteiger partial charge in [0.15, 0.2) is 0 Å². The van der Waals surface area contributed by atoms with E-state index in [4.69, 9.17) is 13.3 Å². The summed E-state index contributed by atoms with van der Waals surface area (Å²) in [6.45, 7) is 0. The van der Waals surface area contributed by atoms with Gasteiger partial charge in [-0.2, -0.15) is 0 Å². The molecule has 242 valence electrons. The van der Waals surface area contributed by atoms with Crippen LogP contribution in [0.15, 0.2) is 177 Å². The maximum Gasteiger partial charge on any atom is 0.136 e. The van der Waals surface area contributed by atoms with Crippen LogP contribution in [-0.2, 0) is 0 Å². The van der Waals surface area contributed by atoms with E-state index in [1.807, 2.05) is 12.1 Å². The van der Waals surface area contributed by atoms with Gasteiger partial charge in [-0.15, -0.1) is 0 Å². The molecule has 12 rings (SSSR count). The van der Waals surface area contributed by atoms with Crippen molar-refractivity contribution in [1.82, 2.24) is 4.57 Å². The minimum Gasteiger partial charge on any atom is -0.456 e. The highest BCUT2D eigenvalue weighted by atomic mass is 16.3. The molecule has 0 unspecified atom stereocenters. The lowest BCUT2D eigenvalue weighted by atomic mass is 9.99. The molecular weight excluding hydrogens is 639 g/mol. The standard InChI is InChI=1S/C48H27NO3/c1-2-8-32(9-3-1)49-41-12-6-4-10-33(41)35-22-28(14-18-42(35)49)30-16-20-45-37(24-30)39-26-48-40(27-47(39)51-45)38-25-31(17-21-46(38)52-48)29-15-19-44-36(23-29)34-11-5-7-13-43(34)50-44/h1-27H. The zero-order valence-electron chi connectivity index (χ0n) is 27.8. The van der Waals surface area contributed by atoms with Gasteiger partial charge in [-0.3, -0.25) is 0 Å². The number of hydrogen-bond donors (Lipinski definition) is 0. The Labute approximate surface area is 296 Å². The second kappa shape index (κ2) is 10.3. The summed E-state index contributed by atoms with van der Waals surface area (Å²) in [5.41, 5.74) is 13.3. The number of para-hydroxylation sites is 3. The Morgan fingerprint density at radius 2 is 0.692 bits per heavy atom. The van der Waals surface area contributed by atoms with Crippen molar-refractivity contribution >= 4 is 87.6 Å². The van der Waals surface area contributed by atoms with Gasteiger partial charge in [-0.1, -0.05) is 78.9 Å². The highest BCUT2D eigenvalue weighted by Crippen LogP contribution is 2.41. The highest BCUT2D eigenvalue weighted by Gasteiger charge is 2.17. The van der Waals surface area contributed by atoms with E-state index >= 15 is 0 Å². The summed E-state index contributed by atoms with van der Waals surface area (Å²) >= 11 is 0. The quantitative estimate of drug-likeness (QED) is 0.189. The number of nitrogens with zero attached hydrogens (tertiary/aromatic N) is 1. The van der Waals surface area contributed by atoms with Crippen LogP contribution in [0.2, 0.25) is 0 Å². The van der Waals surface area contributed by atoms with Gasteiger partial charge >= 0.3 is 0 Å². The normalized spacial score (nSPS) is 12.2. The fourth-order valence-electron chi connectivity index (χ4n) is 8.32. The highest BCUT2D eigenvalue weighted by molar-refractivity contribution is 6.16. The molecule has 0 fully saturated rings. The summed E-state index contributed by atoms with van der Waals surface area (Å²) in [5.74, 6) is 0. The van der Waals surface area contributed by atoms with E-state index in [0.717, 1.165) is 88.2 Å². The summed E-state index contributed by atoms with van der Waals surface area (Å²) in [7, 11) is 0. The SMILES string of the molecule is c1ccc(-n2c3ccccc3c3cc(-c4ccc5oc6cc7c(cc6c5c4)oc4ccc(-c5ccc6oc8ccccc8c6c5)cc47)ccc32)cc1. The third-order valence-electron chi connectivity index (χ3n) is 10.8. The molecule has 4 aromatic heterocycles. The van der Waals surface area contributed by atoms with Crippen LogP contribution in [0.1, 0.15) is 0 Å². The maximum atomic E-state index is 6.49. The smallest absolute Gasteiger partial charge is 0.136 e. The van der Waals surface area contributed by atoms with E-state index < -0.39 is 0 Å². The summed E-state index contributed by atoms with van der Waals surface area (Å²) < 4.78 is 21.4. The van der Waals surface area contributed by atoms with E-state index in [9.17, 15) is 0 Å². The summed E-state index contributed by atoms with van der Waals surface area (Å²) in [6.07, 6.45) is 0. The molecule has 4 nitrogen and oxygen atoms in total. The lowest BCUT2D eigenvalue weighted by Gasteiger charge is -2.08. The van der Waals surface area contributed by atoms with Crippen molar-refractivity contribution in [3.8, 4) is 27.9 Å². The third kappa shape index (κ3) is 3.92. The lowest BCUT2D eigenvalue weighted by Crippen LogP contribution is -1.92. The Morgan fingerprint density at radius 3 is 1.33 bits per heavy atom. The van der Waals surface area contributed by atoms with E-state index in [1.54, 1.807) is 0 Å². The molecule has 0 saturated carbocycles. The molecule has 12 aromatic rings. The van der Waals surface area contributed by atoms with Gasteiger partial charge in [0.05, 0.1) is 11.0 Å². The van der Waals surface area contributed by atoms with Gasteiger partial charge in [0.2, 0.25) is 0 Å². The van der Waals surface area contributed by atoms with Crippen LogP contribution >= 0.6 is 0 Å². The van der Waals surface area contributed by atoms with Gasteiger partial charge in [0, 0.05) is 48.8 Å². The van der Waals surface area contributed by atoms with Crippen molar-refractivity contribution in [2.45, 2.75) is 0 Å². The van der Waals surface area contributed by atoms with Gasteiger partial charge in [0.1, 0.15) is 33.5 Å². The first-order chi connectivity index (χ1) is 25.7. The van der Waals surface area contributed by atoms with E-state index in [0.29, 0.717) is 0 Å². The molecule has 4 heteroatoms. The average Bonchev–Trinajstić information content (AvgIpc) is 3.95. The molecule has 0 amide bonds. The number of hydrogen-bond acceptors (Lipinski definition) is 3. The second-order valence-corrected chi connectivity index (χ2v) is 13.7. The van der Waals surface area contributed by atoms with Crippen molar-refractivity contribution in [3.63, 3.8) is 0 Å². The molecule has 0 aliphatic heterocycles. The average molecular weight is 666 g/mol. The molecule has 0 saturated heterocycles. The molecule has 0 radical (unpaired) electrons. The van der Waals surface area contributed by atoms with E-state index in [2.05, 4.69) is 156 Å². The van der Waals surface area contributed by atoms with Crippen LogP contribution in [0, 0.1) is 0 Å². The summed E-state index contributed by atoms with van der Waals surface area (Å²) in [6, 6.07) is 57.8. The van der Waals surface area contributed by atoms with Crippen molar-refractivity contribution < 1.29 is 13.3 Å². The third-order valence-corrected chi connectivity index (χ3v) is 10.8. The van der Waals surface area contributed by atoms with Crippen LogP contribution in [-0.4, -0.2) is 4.57 Å². The first-order valence-electron chi connectivity index (χ1n) is 17.6. The molecule has 52 heavy (non-hydrogen) atoms. The number of benzene rings is 8. The van der Waals surface area contributed by atoms with E-state index in [-0.39, 0.29) is 0 Å². The molecule has 0 aliphatic rings. The van der Waals surface area contributed by atoms with Crippen molar-refractivity contribution in [1.29, 1.82) is 0 Å². The number of furan rings is 3. The minimum atomic E-state index is 0.846. The molecule has 0 spiro atoms. The molecule has 0 N–H and O–H groups in total. The predicted molar refractivity (Wildman–Crippen MR) is 213 cm³/mol. The maximum absolute atomic E-state index is 6.49. The van der Waals surface area contributed by atoms with Gasteiger partial charge in [-0.05, 0) is 107 Å². The molecular formula is C48H27NO3. The zero-order valence-corrected chi connectivity index (χ0v) is 27.8. The molecule has 4 heterocycles. The molecule has 0 bridgehead atoms. The van der Waals surface area contributed by atoms with Crippen LogP contribution in [0.4, 0.5) is 0 Å². The number of aromatic nitrogens is 1. The topological polar surface area (TPSA) is 44.4 Å². The Hall–Kier alpha value is -7.04. The first-order valence-corrected chi connectivity index (χ1v) is 17.6. The fraction of sp³-hybridized carbons (Fsp3) is 0. The summed E-state index contributed by atoms with van der Waals surface area (Å²) in [5, 5.41) is 8.94. The van der Waals surface area contributed by atoms with Crippen LogP contribution in [0.3, 0.4) is 0 Å². The van der Waals surface area contributed by atoms with E-state index in [1.165, 1.54) is 27.4 Å².